The van der Waals surface area contributed by atoms with E-state index in [1.54, 1.807) is 0 Å². The van der Waals surface area contributed by atoms with Crippen LogP contribution in [0.25, 0.3) is 0 Å². The van der Waals surface area contributed by atoms with Gasteiger partial charge in [-0.25, -0.2) is 0 Å². The molecule has 2 aliphatic rings. The minimum absolute atomic E-state index is 0.145. The molecule has 1 aromatic carbocycles. The maximum absolute atomic E-state index is 10.7. The van der Waals surface area contributed by atoms with Gasteiger partial charge in [-0.3, -0.25) is 9.69 Å². The Hall–Kier alpha value is -1.75. The number of carboxylic acids is 1. The largest absolute Gasteiger partial charge is 0.493 e. The van der Waals surface area contributed by atoms with Gasteiger partial charge in [-0.2, -0.15) is 0 Å². The molecule has 0 amide bonds. The van der Waals surface area contributed by atoms with Gasteiger partial charge in [-0.15, -0.1) is 0 Å². The van der Waals surface area contributed by atoms with Crippen molar-refractivity contribution in [2.45, 2.75) is 12.8 Å². The summed E-state index contributed by atoms with van der Waals surface area (Å²) in [5.41, 5.74) is 2.52. The number of aryl methyl sites for hydroxylation is 1. The number of carboxylic acid groups (broad SMARTS) is 1. The van der Waals surface area contributed by atoms with Crippen LogP contribution in [0.3, 0.4) is 0 Å². The van der Waals surface area contributed by atoms with Crippen molar-refractivity contribution in [3.63, 3.8) is 0 Å². The second kappa shape index (κ2) is 5.71. The number of hydrogen-bond donors (Lipinski definition) is 1. The van der Waals surface area contributed by atoms with Gasteiger partial charge in [-0.1, -0.05) is 0 Å². The van der Waals surface area contributed by atoms with Crippen molar-refractivity contribution in [1.82, 2.24) is 4.90 Å². The van der Waals surface area contributed by atoms with Gasteiger partial charge in [-0.05, 0) is 36.6 Å². The Morgan fingerprint density at radius 3 is 2.80 bits per heavy atom. The smallest absolute Gasteiger partial charge is 0.317 e. The van der Waals surface area contributed by atoms with Crippen LogP contribution >= 0.6 is 0 Å². The summed E-state index contributed by atoms with van der Waals surface area (Å²) in [5.74, 6) is 0.272. The Bertz CT molecular complexity index is 496. The first-order valence-corrected chi connectivity index (χ1v) is 7.17. The van der Waals surface area contributed by atoms with E-state index < -0.39 is 5.97 Å². The molecule has 0 bridgehead atoms. The second-order valence-electron chi connectivity index (χ2n) is 5.40. The van der Waals surface area contributed by atoms with Crippen LogP contribution in [0.15, 0.2) is 18.2 Å². The molecule has 108 valence electrons. The van der Waals surface area contributed by atoms with Crippen molar-refractivity contribution in [3.8, 4) is 5.75 Å². The molecule has 1 saturated heterocycles. The minimum atomic E-state index is -0.746. The lowest BCUT2D eigenvalue weighted by atomic mass is 10.0. The number of carbonyl (C=O) groups is 1. The molecule has 0 aromatic heterocycles. The van der Waals surface area contributed by atoms with Gasteiger partial charge >= 0.3 is 5.97 Å². The van der Waals surface area contributed by atoms with Crippen molar-refractivity contribution in [2.24, 2.45) is 0 Å². The Morgan fingerprint density at radius 1 is 1.25 bits per heavy atom. The topological polar surface area (TPSA) is 53.0 Å². The number of rotatable bonds is 3. The van der Waals surface area contributed by atoms with Crippen molar-refractivity contribution < 1.29 is 14.6 Å². The fourth-order valence-corrected chi connectivity index (χ4v) is 2.90. The van der Waals surface area contributed by atoms with Crippen LogP contribution < -0.4 is 9.64 Å². The lowest BCUT2D eigenvalue weighted by Gasteiger charge is -2.35. The molecule has 2 heterocycles. The van der Waals surface area contributed by atoms with Gasteiger partial charge in [0, 0.05) is 31.9 Å². The Morgan fingerprint density at radius 2 is 2.05 bits per heavy atom. The maximum atomic E-state index is 10.7. The Kier molecular flexibility index (Phi) is 3.78. The molecule has 20 heavy (non-hydrogen) atoms. The predicted molar refractivity (Wildman–Crippen MR) is 76.5 cm³/mol. The zero-order valence-corrected chi connectivity index (χ0v) is 11.5. The predicted octanol–water partition coefficient (Wildman–Crippen LogP) is 1.22. The van der Waals surface area contributed by atoms with Crippen LogP contribution in [-0.4, -0.2) is 55.3 Å². The number of anilines is 1. The number of hydrogen-bond acceptors (Lipinski definition) is 4. The minimum Gasteiger partial charge on any atom is -0.493 e. The highest BCUT2D eigenvalue weighted by Crippen LogP contribution is 2.29. The highest BCUT2D eigenvalue weighted by atomic mass is 16.5. The van der Waals surface area contributed by atoms with Crippen LogP contribution in [-0.2, 0) is 11.2 Å². The summed E-state index contributed by atoms with van der Waals surface area (Å²) in [6, 6.07) is 6.39. The van der Waals surface area contributed by atoms with Gasteiger partial charge in [0.25, 0.3) is 0 Å². The van der Waals surface area contributed by atoms with Gasteiger partial charge in [0.1, 0.15) is 5.75 Å². The van der Waals surface area contributed by atoms with Gasteiger partial charge in [0.2, 0.25) is 0 Å². The third-order valence-electron chi connectivity index (χ3n) is 3.99. The van der Waals surface area contributed by atoms with Gasteiger partial charge < -0.3 is 14.7 Å². The summed E-state index contributed by atoms with van der Waals surface area (Å²) < 4.78 is 5.63. The van der Waals surface area contributed by atoms with E-state index in [1.807, 2.05) is 4.90 Å². The summed E-state index contributed by atoms with van der Waals surface area (Å²) in [4.78, 5) is 15.0. The molecule has 0 aliphatic carbocycles. The first-order chi connectivity index (χ1) is 9.72. The lowest BCUT2D eigenvalue weighted by Crippen LogP contribution is -2.48. The maximum Gasteiger partial charge on any atom is 0.317 e. The highest BCUT2D eigenvalue weighted by molar-refractivity contribution is 5.69. The van der Waals surface area contributed by atoms with E-state index in [1.165, 1.54) is 11.3 Å². The van der Waals surface area contributed by atoms with Crippen LogP contribution in [0, 0.1) is 0 Å². The zero-order chi connectivity index (χ0) is 13.9. The number of piperazine rings is 1. The first kappa shape index (κ1) is 13.2. The molecule has 3 rings (SSSR count). The summed E-state index contributed by atoms with van der Waals surface area (Å²) in [6.07, 6.45) is 2.17. The number of benzene rings is 1. The number of ether oxygens (including phenoxy) is 1. The number of aliphatic carboxylic acids is 1. The van der Waals surface area contributed by atoms with Crippen LogP contribution in [0.4, 0.5) is 5.69 Å². The molecule has 0 spiro atoms. The molecule has 1 fully saturated rings. The average Bonchev–Trinajstić information content (AvgIpc) is 2.47. The quantitative estimate of drug-likeness (QED) is 0.899. The van der Waals surface area contributed by atoms with Crippen molar-refractivity contribution in [1.29, 1.82) is 0 Å². The lowest BCUT2D eigenvalue weighted by molar-refractivity contribution is -0.138. The Balaban J connectivity index is 1.64. The van der Waals surface area contributed by atoms with E-state index in [0.29, 0.717) is 0 Å². The van der Waals surface area contributed by atoms with E-state index in [0.717, 1.165) is 51.4 Å². The van der Waals surface area contributed by atoms with E-state index in [4.69, 9.17) is 9.84 Å². The monoisotopic (exact) mass is 276 g/mol. The molecule has 0 radical (unpaired) electrons. The number of nitrogens with zero attached hydrogens (tertiary/aromatic N) is 2. The first-order valence-electron chi connectivity index (χ1n) is 7.17. The summed E-state index contributed by atoms with van der Waals surface area (Å²) >= 11 is 0. The second-order valence-corrected chi connectivity index (χ2v) is 5.40. The molecular formula is C15H20N2O3. The standard InChI is InChI=1S/C15H20N2O3/c18-15(19)11-16-5-7-17(8-6-16)13-3-4-14-12(10-13)2-1-9-20-14/h3-4,10H,1-2,5-9,11H2,(H,18,19). The normalized spacial score (nSPS) is 19.3. The zero-order valence-electron chi connectivity index (χ0n) is 11.5. The third kappa shape index (κ3) is 2.88. The fourth-order valence-electron chi connectivity index (χ4n) is 2.90. The molecule has 2 aliphatic heterocycles. The van der Waals surface area contributed by atoms with Gasteiger partial charge in [0.15, 0.2) is 0 Å². The molecule has 5 nitrogen and oxygen atoms in total. The number of fused-ring (bicyclic) bond motifs is 1. The molecule has 0 saturated carbocycles. The molecule has 5 heteroatoms. The Labute approximate surface area is 118 Å². The van der Waals surface area contributed by atoms with Gasteiger partial charge in [0.05, 0.1) is 13.2 Å². The van der Waals surface area contributed by atoms with Crippen molar-refractivity contribution in [2.75, 3.05) is 44.2 Å². The molecule has 1 aromatic rings. The SMILES string of the molecule is O=C(O)CN1CCN(c2ccc3c(c2)CCCO3)CC1. The molecular weight excluding hydrogens is 256 g/mol. The van der Waals surface area contributed by atoms with Crippen LogP contribution in [0.2, 0.25) is 0 Å². The summed E-state index contributed by atoms with van der Waals surface area (Å²) in [5, 5.41) is 8.81. The van der Waals surface area contributed by atoms with Crippen molar-refractivity contribution in [3.05, 3.63) is 23.8 Å². The fraction of sp³-hybridized carbons (Fsp3) is 0.533. The van der Waals surface area contributed by atoms with E-state index in [9.17, 15) is 4.79 Å². The van der Waals surface area contributed by atoms with Crippen LogP contribution in [0.1, 0.15) is 12.0 Å². The molecule has 1 N–H and O–H groups in total. The highest BCUT2D eigenvalue weighted by Gasteiger charge is 2.20. The van der Waals surface area contributed by atoms with E-state index in [2.05, 4.69) is 23.1 Å². The summed E-state index contributed by atoms with van der Waals surface area (Å²) in [6.45, 7) is 4.34. The van der Waals surface area contributed by atoms with E-state index >= 15 is 0 Å². The molecule has 0 atom stereocenters. The molecule has 0 unspecified atom stereocenters. The average molecular weight is 276 g/mol. The van der Waals surface area contributed by atoms with E-state index in [-0.39, 0.29) is 6.54 Å². The third-order valence-corrected chi connectivity index (χ3v) is 3.99. The van der Waals surface area contributed by atoms with Crippen LogP contribution in [0.5, 0.6) is 5.75 Å². The van der Waals surface area contributed by atoms with Crippen molar-refractivity contribution >= 4 is 11.7 Å². The summed E-state index contributed by atoms with van der Waals surface area (Å²) in [7, 11) is 0.